The smallest absolute Gasteiger partial charge is 0.350 e. The average Bonchev–Trinajstić information content (AvgIpc) is 2.92. The minimum Gasteiger partial charge on any atom is -0.350 e. The molecule has 0 atom stereocenters. The number of aromatic nitrogens is 1. The Morgan fingerprint density at radius 2 is 2.00 bits per heavy atom. The Kier molecular flexibility index (Phi) is 9.05. The van der Waals surface area contributed by atoms with Gasteiger partial charge in [0.05, 0.1) is 24.3 Å². The number of thiazole rings is 1. The van der Waals surface area contributed by atoms with E-state index in [1.165, 1.54) is 10.9 Å². The van der Waals surface area contributed by atoms with Gasteiger partial charge in [-0.3, -0.25) is 4.99 Å². The van der Waals surface area contributed by atoms with Crippen LogP contribution in [-0.4, -0.2) is 24.5 Å². The van der Waals surface area contributed by atoms with Crippen molar-refractivity contribution in [3.63, 3.8) is 0 Å². The van der Waals surface area contributed by atoms with Crippen LogP contribution < -0.4 is 10.6 Å². The normalized spacial score (nSPS) is 11.3. The number of aryl methyl sites for hydroxylation is 2. The zero-order chi connectivity index (χ0) is 19.2. The molecule has 0 aliphatic rings. The molecule has 1 heterocycles. The zero-order valence-corrected chi connectivity index (χ0v) is 18.2. The summed E-state index contributed by atoms with van der Waals surface area (Å²) in [6.45, 7) is 4.78. The van der Waals surface area contributed by atoms with Gasteiger partial charge >= 0.3 is 6.18 Å². The van der Waals surface area contributed by atoms with Gasteiger partial charge in [-0.05, 0) is 32.0 Å². The third-order valence-corrected chi connectivity index (χ3v) is 4.54. The average molecular weight is 508 g/mol. The van der Waals surface area contributed by atoms with Crippen LogP contribution >= 0.6 is 35.3 Å². The summed E-state index contributed by atoms with van der Waals surface area (Å²) in [5, 5.41) is 7.08. The number of aliphatic imine (C=N–C) groups is 1. The van der Waals surface area contributed by atoms with Crippen LogP contribution in [0.2, 0.25) is 0 Å². The highest BCUT2D eigenvalue weighted by molar-refractivity contribution is 14.0. The SMILES string of the molecule is CN=C(NCC#Cc1cccc(C(F)(F)F)c1)NCc1nc(C)c(C)s1.I. The largest absolute Gasteiger partial charge is 0.416 e. The van der Waals surface area contributed by atoms with Gasteiger partial charge in [-0.2, -0.15) is 13.2 Å². The molecule has 0 radical (unpaired) electrons. The Morgan fingerprint density at radius 1 is 1.26 bits per heavy atom. The standard InChI is InChI=1S/C18H19F3N4S.HI/c1-12-13(2)26-16(25-12)11-24-17(22-3)23-9-5-7-14-6-4-8-15(10-14)18(19,20)21;/h4,6,8,10H,9,11H2,1-3H3,(H2,22,23,24);1H. The Balaban J connectivity index is 0.00000364. The lowest BCUT2D eigenvalue weighted by molar-refractivity contribution is -0.137. The molecule has 146 valence electrons. The monoisotopic (exact) mass is 508 g/mol. The summed E-state index contributed by atoms with van der Waals surface area (Å²) < 4.78 is 38.0. The van der Waals surface area contributed by atoms with Crippen LogP contribution in [0.4, 0.5) is 13.2 Å². The number of nitrogens with zero attached hydrogens (tertiary/aromatic N) is 2. The molecule has 4 nitrogen and oxygen atoms in total. The van der Waals surface area contributed by atoms with Crippen molar-refractivity contribution < 1.29 is 13.2 Å². The summed E-state index contributed by atoms with van der Waals surface area (Å²) in [4.78, 5) is 9.69. The molecule has 2 rings (SSSR count). The van der Waals surface area contributed by atoms with Crippen LogP contribution in [0.15, 0.2) is 29.3 Å². The second kappa shape index (κ2) is 10.5. The summed E-state index contributed by atoms with van der Waals surface area (Å²) in [6, 6.07) is 4.95. The molecule has 0 aliphatic carbocycles. The Bertz CT molecular complexity index is 831. The summed E-state index contributed by atoms with van der Waals surface area (Å²) in [7, 11) is 1.63. The molecule has 27 heavy (non-hydrogen) atoms. The number of guanidine groups is 1. The molecule has 1 aromatic heterocycles. The van der Waals surface area contributed by atoms with E-state index in [-0.39, 0.29) is 30.5 Å². The number of benzene rings is 1. The molecule has 1 aromatic carbocycles. The summed E-state index contributed by atoms with van der Waals surface area (Å²) in [5.41, 5.74) is 0.628. The summed E-state index contributed by atoms with van der Waals surface area (Å²) >= 11 is 1.62. The molecular weight excluding hydrogens is 488 g/mol. The number of hydrogen-bond donors (Lipinski definition) is 2. The highest BCUT2D eigenvalue weighted by atomic mass is 127. The first-order valence-electron chi connectivity index (χ1n) is 7.83. The minimum atomic E-state index is -4.37. The number of nitrogens with one attached hydrogen (secondary N) is 2. The van der Waals surface area contributed by atoms with Crippen molar-refractivity contribution in [2.75, 3.05) is 13.6 Å². The van der Waals surface area contributed by atoms with Gasteiger partial charge in [-0.25, -0.2) is 4.98 Å². The van der Waals surface area contributed by atoms with Crippen molar-refractivity contribution >= 4 is 41.3 Å². The van der Waals surface area contributed by atoms with Gasteiger partial charge in [0.2, 0.25) is 0 Å². The fraction of sp³-hybridized carbons (Fsp3) is 0.333. The molecule has 0 bridgehead atoms. The van der Waals surface area contributed by atoms with Gasteiger partial charge in [0.25, 0.3) is 0 Å². The van der Waals surface area contributed by atoms with Crippen molar-refractivity contribution in [2.24, 2.45) is 4.99 Å². The Labute approximate surface area is 177 Å². The third-order valence-electron chi connectivity index (χ3n) is 3.47. The van der Waals surface area contributed by atoms with Crippen molar-refractivity contribution in [3.05, 3.63) is 51.0 Å². The quantitative estimate of drug-likeness (QED) is 0.284. The maximum absolute atomic E-state index is 12.7. The van der Waals surface area contributed by atoms with Crippen LogP contribution in [0.25, 0.3) is 0 Å². The Hall–Kier alpha value is -1.80. The predicted molar refractivity (Wildman–Crippen MR) is 114 cm³/mol. The van der Waals surface area contributed by atoms with E-state index in [0.29, 0.717) is 18.1 Å². The highest BCUT2D eigenvalue weighted by Gasteiger charge is 2.30. The van der Waals surface area contributed by atoms with Gasteiger partial charge in [0, 0.05) is 17.5 Å². The van der Waals surface area contributed by atoms with E-state index in [0.717, 1.165) is 22.8 Å². The van der Waals surface area contributed by atoms with Crippen molar-refractivity contribution in [2.45, 2.75) is 26.6 Å². The number of rotatable bonds is 3. The fourth-order valence-corrected chi connectivity index (χ4v) is 2.92. The van der Waals surface area contributed by atoms with E-state index in [1.54, 1.807) is 24.5 Å². The molecule has 2 N–H and O–H groups in total. The molecule has 9 heteroatoms. The van der Waals surface area contributed by atoms with Gasteiger partial charge in [-0.15, -0.1) is 35.3 Å². The van der Waals surface area contributed by atoms with Crippen LogP contribution in [0.3, 0.4) is 0 Å². The summed E-state index contributed by atoms with van der Waals surface area (Å²) in [6.07, 6.45) is -4.37. The van der Waals surface area contributed by atoms with Gasteiger partial charge in [0.1, 0.15) is 5.01 Å². The molecule has 0 spiro atoms. The molecule has 0 unspecified atom stereocenters. The first-order valence-corrected chi connectivity index (χ1v) is 8.65. The van der Waals surface area contributed by atoms with E-state index in [9.17, 15) is 13.2 Å². The lowest BCUT2D eigenvalue weighted by Gasteiger charge is -2.08. The van der Waals surface area contributed by atoms with Crippen LogP contribution in [0.5, 0.6) is 0 Å². The number of alkyl halides is 3. The van der Waals surface area contributed by atoms with E-state index in [4.69, 9.17) is 0 Å². The molecule has 0 fully saturated rings. The second-order valence-electron chi connectivity index (χ2n) is 5.41. The predicted octanol–water partition coefficient (Wildman–Crippen LogP) is 4.11. The second-order valence-corrected chi connectivity index (χ2v) is 6.70. The fourth-order valence-electron chi connectivity index (χ4n) is 2.04. The number of hydrogen-bond acceptors (Lipinski definition) is 3. The molecule has 0 aliphatic heterocycles. The first-order chi connectivity index (χ1) is 12.3. The Morgan fingerprint density at radius 3 is 2.59 bits per heavy atom. The van der Waals surface area contributed by atoms with Crippen LogP contribution in [-0.2, 0) is 12.7 Å². The molecular formula is C18H20F3IN4S. The van der Waals surface area contributed by atoms with Crippen LogP contribution in [0.1, 0.15) is 26.7 Å². The van der Waals surface area contributed by atoms with E-state index >= 15 is 0 Å². The first kappa shape index (κ1) is 23.2. The van der Waals surface area contributed by atoms with Crippen molar-refractivity contribution in [1.82, 2.24) is 15.6 Å². The van der Waals surface area contributed by atoms with E-state index in [2.05, 4.69) is 32.5 Å². The van der Waals surface area contributed by atoms with E-state index in [1.807, 2.05) is 13.8 Å². The van der Waals surface area contributed by atoms with Gasteiger partial charge in [0.15, 0.2) is 5.96 Å². The van der Waals surface area contributed by atoms with E-state index < -0.39 is 11.7 Å². The molecule has 0 saturated carbocycles. The molecule has 0 amide bonds. The maximum atomic E-state index is 12.7. The summed E-state index contributed by atoms with van der Waals surface area (Å²) in [5.74, 6) is 6.06. The molecule has 0 saturated heterocycles. The number of halogens is 4. The van der Waals surface area contributed by atoms with Gasteiger partial charge in [-0.1, -0.05) is 17.9 Å². The lowest BCUT2D eigenvalue weighted by Crippen LogP contribution is -2.36. The maximum Gasteiger partial charge on any atom is 0.416 e. The minimum absolute atomic E-state index is 0. The third kappa shape index (κ3) is 7.38. The van der Waals surface area contributed by atoms with Crippen LogP contribution in [0, 0.1) is 25.7 Å². The van der Waals surface area contributed by atoms with Gasteiger partial charge < -0.3 is 10.6 Å². The zero-order valence-electron chi connectivity index (χ0n) is 15.1. The molecule has 2 aromatic rings. The topological polar surface area (TPSA) is 49.3 Å². The van der Waals surface area contributed by atoms with Crippen molar-refractivity contribution in [1.29, 1.82) is 0 Å². The van der Waals surface area contributed by atoms with Crippen molar-refractivity contribution in [3.8, 4) is 11.8 Å². The highest BCUT2D eigenvalue weighted by Crippen LogP contribution is 2.29. The lowest BCUT2D eigenvalue weighted by atomic mass is 10.1.